The summed E-state index contributed by atoms with van der Waals surface area (Å²) in [6.07, 6.45) is 4.24. The van der Waals surface area contributed by atoms with Crippen LogP contribution < -0.4 is 4.90 Å². The van der Waals surface area contributed by atoms with Gasteiger partial charge in [0, 0.05) is 29.3 Å². The number of benzene rings is 1. The molecule has 3 rings (SSSR count). The van der Waals surface area contributed by atoms with E-state index >= 15 is 0 Å². The lowest BCUT2D eigenvalue weighted by molar-refractivity contribution is -0.119. The van der Waals surface area contributed by atoms with Crippen LogP contribution >= 0.6 is 0 Å². The van der Waals surface area contributed by atoms with Gasteiger partial charge in [0.2, 0.25) is 0 Å². The van der Waals surface area contributed by atoms with Crippen molar-refractivity contribution in [3.63, 3.8) is 0 Å². The van der Waals surface area contributed by atoms with E-state index in [1.54, 1.807) is 6.20 Å². The van der Waals surface area contributed by atoms with Gasteiger partial charge in [-0.1, -0.05) is 18.2 Å². The summed E-state index contributed by atoms with van der Waals surface area (Å²) >= 11 is 0. The first kappa shape index (κ1) is 8.91. The summed E-state index contributed by atoms with van der Waals surface area (Å²) in [5, 5.41) is 0.868. The Morgan fingerprint density at radius 3 is 2.44 bits per heavy atom. The molecule has 1 N–H and O–H groups in total. The first-order valence-corrected chi connectivity index (χ1v) is 4.89. The molecular weight excluding hydrogens is 204 g/mol. The van der Waals surface area contributed by atoms with Crippen LogP contribution in [0.3, 0.4) is 0 Å². The van der Waals surface area contributed by atoms with Crippen molar-refractivity contribution < 1.29 is 9.59 Å². The van der Waals surface area contributed by atoms with Crippen LogP contribution in [0.25, 0.3) is 10.9 Å². The number of nitrogens with one attached hydrogen (secondary N) is 1. The second-order valence-corrected chi connectivity index (χ2v) is 3.56. The maximum atomic E-state index is 11.5. The first-order valence-electron chi connectivity index (χ1n) is 4.89. The summed E-state index contributed by atoms with van der Waals surface area (Å²) < 4.78 is 0. The highest BCUT2D eigenvalue weighted by atomic mass is 16.2. The number of H-pyrrole nitrogens is 1. The van der Waals surface area contributed by atoms with E-state index in [1.165, 1.54) is 17.1 Å². The highest BCUT2D eigenvalue weighted by molar-refractivity contribution is 6.30. The minimum atomic E-state index is -0.297. The van der Waals surface area contributed by atoms with Crippen molar-refractivity contribution in [3.8, 4) is 0 Å². The highest BCUT2D eigenvalue weighted by Gasteiger charge is 2.26. The number of anilines is 1. The molecule has 0 spiro atoms. The number of nitrogens with zero attached hydrogens (tertiary/aromatic N) is 1. The molecule has 0 atom stereocenters. The van der Waals surface area contributed by atoms with E-state index in [4.69, 9.17) is 0 Å². The first-order chi connectivity index (χ1) is 7.77. The molecule has 4 heteroatoms. The quantitative estimate of drug-likeness (QED) is 0.730. The molecule has 0 fully saturated rings. The van der Waals surface area contributed by atoms with Crippen molar-refractivity contribution in [1.29, 1.82) is 0 Å². The number of fused-ring (bicyclic) bond motifs is 1. The fourth-order valence-electron chi connectivity index (χ4n) is 1.88. The third kappa shape index (κ3) is 1.10. The summed E-state index contributed by atoms with van der Waals surface area (Å²) in [6.45, 7) is 0. The van der Waals surface area contributed by atoms with Gasteiger partial charge >= 0.3 is 0 Å². The number of hydrogen-bond donors (Lipinski definition) is 1. The SMILES string of the molecule is O=C1C=CC(=O)N1c1c[nH]c2ccccc12. The summed E-state index contributed by atoms with van der Waals surface area (Å²) in [6, 6.07) is 7.55. The molecule has 2 amide bonds. The lowest BCUT2D eigenvalue weighted by Gasteiger charge is -2.11. The molecule has 78 valence electrons. The lowest BCUT2D eigenvalue weighted by Crippen LogP contribution is -2.29. The van der Waals surface area contributed by atoms with Crippen LogP contribution in [0.4, 0.5) is 5.69 Å². The Labute approximate surface area is 91.2 Å². The van der Waals surface area contributed by atoms with Crippen molar-refractivity contribution in [2.75, 3.05) is 4.90 Å². The Bertz CT molecular complexity index is 607. The molecular formula is C12H8N2O2. The second kappa shape index (κ2) is 3.06. The van der Waals surface area contributed by atoms with Crippen LogP contribution in [0.1, 0.15) is 0 Å². The average molecular weight is 212 g/mol. The van der Waals surface area contributed by atoms with Crippen molar-refractivity contribution in [2.45, 2.75) is 0 Å². The molecule has 0 unspecified atom stereocenters. The zero-order valence-electron chi connectivity index (χ0n) is 8.31. The van der Waals surface area contributed by atoms with E-state index in [-0.39, 0.29) is 11.8 Å². The van der Waals surface area contributed by atoms with Crippen molar-refractivity contribution in [3.05, 3.63) is 42.6 Å². The lowest BCUT2D eigenvalue weighted by atomic mass is 10.2. The molecule has 0 saturated carbocycles. The Hall–Kier alpha value is -2.36. The molecule has 4 nitrogen and oxygen atoms in total. The molecule has 2 heterocycles. The van der Waals surface area contributed by atoms with Gasteiger partial charge in [0.05, 0.1) is 5.69 Å². The Balaban J connectivity index is 2.20. The van der Waals surface area contributed by atoms with E-state index in [0.29, 0.717) is 5.69 Å². The van der Waals surface area contributed by atoms with Crippen LogP contribution in [0.5, 0.6) is 0 Å². The van der Waals surface area contributed by atoms with Gasteiger partial charge in [-0.15, -0.1) is 0 Å². The molecule has 0 saturated heterocycles. The van der Waals surface area contributed by atoms with Crippen LogP contribution in [-0.2, 0) is 9.59 Å². The third-order valence-electron chi connectivity index (χ3n) is 2.62. The number of aromatic nitrogens is 1. The summed E-state index contributed by atoms with van der Waals surface area (Å²) in [5.41, 5.74) is 1.51. The molecule has 2 aromatic rings. The molecule has 0 radical (unpaired) electrons. The zero-order valence-corrected chi connectivity index (χ0v) is 8.31. The Kier molecular flexibility index (Phi) is 1.71. The van der Waals surface area contributed by atoms with Crippen LogP contribution in [0.15, 0.2) is 42.6 Å². The number of amides is 2. The number of aromatic amines is 1. The normalized spacial score (nSPS) is 15.4. The number of rotatable bonds is 1. The predicted molar refractivity (Wildman–Crippen MR) is 59.9 cm³/mol. The Morgan fingerprint density at radius 1 is 1.00 bits per heavy atom. The number of carbonyl (C=O) groups is 2. The zero-order chi connectivity index (χ0) is 11.1. The van der Waals surface area contributed by atoms with Gasteiger partial charge in [0.25, 0.3) is 11.8 Å². The smallest absolute Gasteiger partial charge is 0.258 e. The van der Waals surface area contributed by atoms with Crippen molar-refractivity contribution in [2.24, 2.45) is 0 Å². The van der Waals surface area contributed by atoms with Gasteiger partial charge in [-0.2, -0.15) is 0 Å². The minimum absolute atomic E-state index is 0.297. The predicted octanol–water partition coefficient (Wildman–Crippen LogP) is 1.60. The number of para-hydroxylation sites is 1. The van der Waals surface area contributed by atoms with Gasteiger partial charge in [0.1, 0.15) is 0 Å². The summed E-state index contributed by atoms with van der Waals surface area (Å²) in [5.74, 6) is -0.593. The van der Waals surface area contributed by atoms with E-state index in [2.05, 4.69) is 4.98 Å². The van der Waals surface area contributed by atoms with E-state index in [1.807, 2.05) is 24.3 Å². The van der Waals surface area contributed by atoms with Crippen molar-refractivity contribution >= 4 is 28.4 Å². The van der Waals surface area contributed by atoms with Crippen molar-refractivity contribution in [1.82, 2.24) is 4.98 Å². The second-order valence-electron chi connectivity index (χ2n) is 3.56. The van der Waals surface area contributed by atoms with Gasteiger partial charge in [0.15, 0.2) is 0 Å². The van der Waals surface area contributed by atoms with Gasteiger partial charge < -0.3 is 4.98 Å². The fourth-order valence-corrected chi connectivity index (χ4v) is 1.88. The van der Waals surface area contributed by atoms with E-state index in [0.717, 1.165) is 10.9 Å². The number of hydrogen-bond acceptors (Lipinski definition) is 2. The molecule has 0 aliphatic carbocycles. The topological polar surface area (TPSA) is 53.2 Å². The molecule has 1 aromatic heterocycles. The largest absolute Gasteiger partial charge is 0.359 e. The number of carbonyl (C=O) groups excluding carboxylic acids is 2. The molecule has 1 aliphatic heterocycles. The van der Waals surface area contributed by atoms with Crippen LogP contribution in [0, 0.1) is 0 Å². The third-order valence-corrected chi connectivity index (χ3v) is 2.62. The standard InChI is InChI=1S/C12H8N2O2/c15-11-5-6-12(16)14(11)10-7-13-9-4-2-1-3-8(9)10/h1-7,13H. The maximum absolute atomic E-state index is 11.5. The molecule has 0 bridgehead atoms. The molecule has 1 aliphatic rings. The van der Waals surface area contributed by atoms with E-state index < -0.39 is 0 Å². The van der Waals surface area contributed by atoms with E-state index in [9.17, 15) is 9.59 Å². The van der Waals surface area contributed by atoms with Gasteiger partial charge in [-0.25, -0.2) is 4.90 Å². The number of imide groups is 1. The minimum Gasteiger partial charge on any atom is -0.359 e. The maximum Gasteiger partial charge on any atom is 0.258 e. The Morgan fingerprint density at radius 2 is 1.69 bits per heavy atom. The molecule has 16 heavy (non-hydrogen) atoms. The van der Waals surface area contributed by atoms with Gasteiger partial charge in [-0.05, 0) is 6.07 Å². The van der Waals surface area contributed by atoms with Gasteiger partial charge in [-0.3, -0.25) is 9.59 Å². The monoisotopic (exact) mass is 212 g/mol. The summed E-state index contributed by atoms with van der Waals surface area (Å²) in [4.78, 5) is 27.3. The summed E-state index contributed by atoms with van der Waals surface area (Å²) in [7, 11) is 0. The van der Waals surface area contributed by atoms with Crippen LogP contribution in [-0.4, -0.2) is 16.8 Å². The fraction of sp³-hybridized carbons (Fsp3) is 0. The highest BCUT2D eigenvalue weighted by Crippen LogP contribution is 2.28. The average Bonchev–Trinajstić information content (AvgIpc) is 2.83. The molecule has 1 aromatic carbocycles. The van der Waals surface area contributed by atoms with Crippen LogP contribution in [0.2, 0.25) is 0 Å².